The van der Waals surface area contributed by atoms with Crippen molar-refractivity contribution in [2.45, 2.75) is 51.1 Å². The van der Waals surface area contributed by atoms with E-state index in [0.29, 0.717) is 24.8 Å². The molecule has 5 nitrogen and oxygen atoms in total. The van der Waals surface area contributed by atoms with E-state index in [-0.39, 0.29) is 5.91 Å². The molecule has 4 rings (SSSR count). The van der Waals surface area contributed by atoms with Gasteiger partial charge >= 0.3 is 0 Å². The molecule has 150 valence electrons. The van der Waals surface area contributed by atoms with Crippen LogP contribution in [0.25, 0.3) is 0 Å². The first-order valence-electron chi connectivity index (χ1n) is 10.6. The molecule has 0 radical (unpaired) electrons. The molecular formula is C24H28N4O. The highest BCUT2D eigenvalue weighted by Crippen LogP contribution is 2.27. The quantitative estimate of drug-likeness (QED) is 0.591. The summed E-state index contributed by atoms with van der Waals surface area (Å²) < 4.78 is 1.91. The van der Waals surface area contributed by atoms with Gasteiger partial charge in [-0.3, -0.25) is 4.79 Å². The number of amides is 1. The molecule has 1 heterocycles. The molecule has 1 aromatic heterocycles. The van der Waals surface area contributed by atoms with Crippen LogP contribution in [0.1, 0.15) is 59.8 Å². The zero-order valence-electron chi connectivity index (χ0n) is 16.8. The Morgan fingerprint density at radius 3 is 2.28 bits per heavy atom. The molecule has 1 aliphatic carbocycles. The molecule has 0 bridgehead atoms. The highest BCUT2D eigenvalue weighted by atomic mass is 16.2. The average molecular weight is 389 g/mol. The Morgan fingerprint density at radius 1 is 0.931 bits per heavy atom. The van der Waals surface area contributed by atoms with Gasteiger partial charge in [0.15, 0.2) is 5.69 Å². The third-order valence-electron chi connectivity index (χ3n) is 5.69. The van der Waals surface area contributed by atoms with E-state index < -0.39 is 0 Å². The van der Waals surface area contributed by atoms with E-state index >= 15 is 0 Å². The Morgan fingerprint density at radius 2 is 1.59 bits per heavy atom. The molecule has 1 saturated carbocycles. The van der Waals surface area contributed by atoms with E-state index in [1.807, 2.05) is 52.2 Å². The third kappa shape index (κ3) is 5.11. The van der Waals surface area contributed by atoms with Gasteiger partial charge in [-0.1, -0.05) is 85.1 Å². The summed E-state index contributed by atoms with van der Waals surface area (Å²) in [5.74, 6) is -0.0492. The van der Waals surface area contributed by atoms with E-state index in [2.05, 4.69) is 34.6 Å². The van der Waals surface area contributed by atoms with Crippen LogP contribution in [0.5, 0.6) is 0 Å². The minimum Gasteiger partial charge on any atom is -0.333 e. The largest absolute Gasteiger partial charge is 0.333 e. The summed E-state index contributed by atoms with van der Waals surface area (Å²) in [7, 11) is 0. The molecule has 0 unspecified atom stereocenters. The van der Waals surface area contributed by atoms with E-state index in [4.69, 9.17) is 0 Å². The standard InChI is InChI=1S/C24H28N4O/c29-24(23-19-28(26-25-23)22-14-8-3-9-15-22)27(18-21-12-6-2-7-13-21)17-16-20-10-4-1-5-11-20/h1-2,4-7,10-13,19,22H,3,8-9,14-18H2. The Hall–Kier alpha value is -2.95. The maximum atomic E-state index is 13.3. The monoisotopic (exact) mass is 388 g/mol. The molecule has 3 aromatic rings. The fraction of sp³-hybridized carbons (Fsp3) is 0.375. The molecule has 0 aliphatic heterocycles. The van der Waals surface area contributed by atoms with Crippen molar-refractivity contribution >= 4 is 5.91 Å². The molecular weight excluding hydrogens is 360 g/mol. The van der Waals surface area contributed by atoms with Gasteiger partial charge in [0.1, 0.15) is 0 Å². The second-order valence-electron chi connectivity index (χ2n) is 7.82. The molecule has 0 saturated heterocycles. The molecule has 5 heteroatoms. The van der Waals surface area contributed by atoms with Gasteiger partial charge in [0.2, 0.25) is 0 Å². The van der Waals surface area contributed by atoms with Crippen LogP contribution in [-0.2, 0) is 13.0 Å². The molecule has 1 amide bonds. The van der Waals surface area contributed by atoms with Gasteiger partial charge in [0.05, 0.1) is 12.2 Å². The smallest absolute Gasteiger partial charge is 0.276 e. The van der Waals surface area contributed by atoms with Crippen molar-refractivity contribution in [1.29, 1.82) is 0 Å². The molecule has 1 aliphatic rings. The van der Waals surface area contributed by atoms with E-state index in [1.165, 1.54) is 24.8 Å². The number of hydrogen-bond donors (Lipinski definition) is 0. The molecule has 0 atom stereocenters. The molecule has 0 spiro atoms. The fourth-order valence-corrected chi connectivity index (χ4v) is 4.03. The van der Waals surface area contributed by atoms with E-state index in [0.717, 1.165) is 24.8 Å². The third-order valence-corrected chi connectivity index (χ3v) is 5.69. The van der Waals surface area contributed by atoms with Gasteiger partial charge in [0.25, 0.3) is 5.91 Å². The van der Waals surface area contributed by atoms with Crippen molar-refractivity contribution in [3.63, 3.8) is 0 Å². The van der Waals surface area contributed by atoms with Crippen LogP contribution in [0.2, 0.25) is 0 Å². The van der Waals surface area contributed by atoms with Crippen LogP contribution in [0, 0.1) is 0 Å². The predicted molar refractivity (Wildman–Crippen MR) is 113 cm³/mol. The number of nitrogens with zero attached hydrogens (tertiary/aromatic N) is 4. The lowest BCUT2D eigenvalue weighted by Gasteiger charge is -2.22. The van der Waals surface area contributed by atoms with Crippen LogP contribution in [0.3, 0.4) is 0 Å². The zero-order valence-corrected chi connectivity index (χ0v) is 16.8. The van der Waals surface area contributed by atoms with Gasteiger partial charge in [0, 0.05) is 13.1 Å². The van der Waals surface area contributed by atoms with Crippen molar-refractivity contribution in [2.75, 3.05) is 6.54 Å². The maximum Gasteiger partial charge on any atom is 0.276 e. The summed E-state index contributed by atoms with van der Waals surface area (Å²) >= 11 is 0. The first kappa shape index (κ1) is 19.4. The van der Waals surface area contributed by atoms with E-state index in [9.17, 15) is 4.79 Å². The summed E-state index contributed by atoms with van der Waals surface area (Å²) in [6.45, 7) is 1.22. The number of carbonyl (C=O) groups is 1. The van der Waals surface area contributed by atoms with Crippen molar-refractivity contribution in [1.82, 2.24) is 19.9 Å². The van der Waals surface area contributed by atoms with Crippen LogP contribution < -0.4 is 0 Å². The van der Waals surface area contributed by atoms with Gasteiger partial charge in [-0.05, 0) is 30.4 Å². The van der Waals surface area contributed by atoms with Gasteiger partial charge < -0.3 is 4.90 Å². The Bertz CT molecular complexity index is 901. The fourth-order valence-electron chi connectivity index (χ4n) is 4.03. The lowest BCUT2D eigenvalue weighted by Crippen LogP contribution is -2.32. The summed E-state index contributed by atoms with van der Waals surface area (Å²) in [6, 6.07) is 20.8. The number of benzene rings is 2. The molecule has 2 aromatic carbocycles. The van der Waals surface area contributed by atoms with Gasteiger partial charge in [-0.25, -0.2) is 4.68 Å². The second kappa shape index (κ2) is 9.50. The first-order valence-corrected chi connectivity index (χ1v) is 10.6. The number of hydrogen-bond acceptors (Lipinski definition) is 3. The Balaban J connectivity index is 1.49. The first-order chi connectivity index (χ1) is 14.3. The van der Waals surface area contributed by atoms with Crippen molar-refractivity contribution < 1.29 is 4.79 Å². The maximum absolute atomic E-state index is 13.3. The van der Waals surface area contributed by atoms with Gasteiger partial charge in [-0.15, -0.1) is 5.10 Å². The molecule has 29 heavy (non-hydrogen) atoms. The summed E-state index contributed by atoms with van der Waals surface area (Å²) in [6.07, 6.45) is 8.66. The number of aromatic nitrogens is 3. The van der Waals surface area contributed by atoms with Crippen LogP contribution in [0.4, 0.5) is 0 Å². The minimum absolute atomic E-state index is 0.0492. The number of carbonyl (C=O) groups excluding carboxylic acids is 1. The summed E-state index contributed by atoms with van der Waals surface area (Å²) in [4.78, 5) is 15.2. The predicted octanol–water partition coefficient (Wildman–Crippen LogP) is 4.67. The second-order valence-corrected chi connectivity index (χ2v) is 7.82. The number of rotatable bonds is 7. The normalized spacial score (nSPS) is 14.6. The molecule has 0 N–H and O–H groups in total. The lowest BCUT2D eigenvalue weighted by atomic mass is 9.96. The van der Waals surface area contributed by atoms with Crippen LogP contribution >= 0.6 is 0 Å². The minimum atomic E-state index is -0.0492. The summed E-state index contributed by atoms with van der Waals surface area (Å²) in [5.41, 5.74) is 2.79. The van der Waals surface area contributed by atoms with Crippen LogP contribution in [-0.4, -0.2) is 32.3 Å². The SMILES string of the molecule is O=C(c1cn(C2CCCCC2)nn1)N(CCc1ccccc1)Cc1ccccc1. The summed E-state index contributed by atoms with van der Waals surface area (Å²) in [5, 5.41) is 8.52. The highest BCUT2D eigenvalue weighted by molar-refractivity contribution is 5.91. The van der Waals surface area contributed by atoms with Crippen LogP contribution in [0.15, 0.2) is 66.9 Å². The zero-order chi connectivity index (χ0) is 19.9. The topological polar surface area (TPSA) is 51.0 Å². The Kier molecular flexibility index (Phi) is 6.35. The van der Waals surface area contributed by atoms with Crippen molar-refractivity contribution in [3.05, 3.63) is 83.7 Å². The Labute approximate surface area is 172 Å². The molecule has 1 fully saturated rings. The highest BCUT2D eigenvalue weighted by Gasteiger charge is 2.22. The van der Waals surface area contributed by atoms with Crippen molar-refractivity contribution in [3.8, 4) is 0 Å². The van der Waals surface area contributed by atoms with E-state index in [1.54, 1.807) is 0 Å². The van der Waals surface area contributed by atoms with Crippen molar-refractivity contribution in [2.24, 2.45) is 0 Å². The van der Waals surface area contributed by atoms with Gasteiger partial charge in [-0.2, -0.15) is 0 Å². The average Bonchev–Trinajstić information content (AvgIpc) is 3.28. The lowest BCUT2D eigenvalue weighted by molar-refractivity contribution is 0.0739.